The minimum atomic E-state index is -0.705. The first-order valence-corrected chi connectivity index (χ1v) is 10.8. The van der Waals surface area contributed by atoms with Gasteiger partial charge in [0.05, 0.1) is 19.9 Å². The molecule has 3 amide bonds. The number of aryl methyl sites for hydroxylation is 2. The zero-order valence-electron chi connectivity index (χ0n) is 18.3. The monoisotopic (exact) mass is 437 g/mol. The van der Waals surface area contributed by atoms with Crippen molar-refractivity contribution in [3.8, 4) is 11.5 Å². The zero-order chi connectivity index (χ0) is 22.7. The van der Waals surface area contributed by atoms with Crippen molar-refractivity contribution in [3.63, 3.8) is 0 Å². The van der Waals surface area contributed by atoms with Crippen molar-refractivity contribution >= 4 is 29.1 Å². The molecule has 0 aromatic heterocycles. The summed E-state index contributed by atoms with van der Waals surface area (Å²) in [5.41, 5.74) is 4.63. The molecule has 0 saturated heterocycles. The highest BCUT2D eigenvalue weighted by molar-refractivity contribution is 6.39. The lowest BCUT2D eigenvalue weighted by molar-refractivity contribution is -0.136. The summed E-state index contributed by atoms with van der Waals surface area (Å²) >= 11 is 0. The van der Waals surface area contributed by atoms with Crippen LogP contribution in [0.3, 0.4) is 0 Å². The van der Waals surface area contributed by atoms with Crippen molar-refractivity contribution in [1.29, 1.82) is 0 Å². The summed E-state index contributed by atoms with van der Waals surface area (Å²) in [5.74, 6) is 0.0173. The van der Waals surface area contributed by atoms with Gasteiger partial charge in [-0.3, -0.25) is 14.4 Å². The van der Waals surface area contributed by atoms with E-state index in [2.05, 4.69) is 10.6 Å². The molecule has 2 aliphatic heterocycles. The van der Waals surface area contributed by atoms with Gasteiger partial charge in [0.2, 0.25) is 5.91 Å². The smallest absolute Gasteiger partial charge is 0.313 e. The molecule has 168 valence electrons. The lowest BCUT2D eigenvalue weighted by Crippen LogP contribution is -2.39. The number of nitrogens with zero attached hydrogens (tertiary/aromatic N) is 1. The molecular weight excluding hydrogens is 410 g/mol. The molecule has 2 aromatic rings. The molecule has 0 atom stereocenters. The summed E-state index contributed by atoms with van der Waals surface area (Å²) in [6.07, 6.45) is 3.42. The van der Waals surface area contributed by atoms with Crippen LogP contribution < -0.4 is 25.0 Å². The fraction of sp³-hybridized carbons (Fsp3) is 0.375. The van der Waals surface area contributed by atoms with Crippen LogP contribution in [0.15, 0.2) is 30.3 Å². The average molecular weight is 437 g/mol. The molecule has 8 nitrogen and oxygen atoms in total. The third-order valence-corrected chi connectivity index (χ3v) is 5.89. The van der Waals surface area contributed by atoms with Crippen LogP contribution in [0.2, 0.25) is 0 Å². The molecule has 2 heterocycles. The van der Waals surface area contributed by atoms with Gasteiger partial charge in [-0.05, 0) is 66.6 Å². The average Bonchev–Trinajstić information content (AvgIpc) is 2.81. The first-order valence-electron chi connectivity index (χ1n) is 10.8. The number of hydrogen-bond donors (Lipinski definition) is 2. The SMILES string of the molecule is COc1ccc(CCNC(=O)C(=O)Nc2cc3c4c(c2)CCC(=O)N4CCC3)cc1OC. The Bertz CT molecular complexity index is 1050. The van der Waals surface area contributed by atoms with E-state index in [1.165, 1.54) is 0 Å². The van der Waals surface area contributed by atoms with Crippen LogP contribution in [0.25, 0.3) is 0 Å². The maximum absolute atomic E-state index is 12.4. The number of benzene rings is 2. The molecule has 2 aliphatic rings. The highest BCUT2D eigenvalue weighted by Gasteiger charge is 2.30. The Morgan fingerprint density at radius 3 is 2.47 bits per heavy atom. The summed E-state index contributed by atoms with van der Waals surface area (Å²) in [6.45, 7) is 1.06. The number of hydrogen-bond acceptors (Lipinski definition) is 5. The van der Waals surface area contributed by atoms with Gasteiger partial charge in [0.25, 0.3) is 0 Å². The number of rotatable bonds is 6. The topological polar surface area (TPSA) is 97.0 Å². The van der Waals surface area contributed by atoms with Gasteiger partial charge in [0.1, 0.15) is 0 Å². The van der Waals surface area contributed by atoms with E-state index in [0.29, 0.717) is 43.0 Å². The minimum Gasteiger partial charge on any atom is -0.493 e. The normalized spacial score (nSPS) is 14.4. The zero-order valence-corrected chi connectivity index (χ0v) is 18.3. The minimum absolute atomic E-state index is 0.157. The number of anilines is 2. The fourth-order valence-electron chi connectivity index (χ4n) is 4.35. The number of carbonyl (C=O) groups is 3. The summed E-state index contributed by atoms with van der Waals surface area (Å²) < 4.78 is 10.5. The number of carbonyl (C=O) groups excluding carboxylic acids is 3. The quantitative estimate of drug-likeness (QED) is 0.676. The van der Waals surface area contributed by atoms with Crippen LogP contribution in [-0.2, 0) is 33.6 Å². The van der Waals surface area contributed by atoms with Gasteiger partial charge in [0.15, 0.2) is 11.5 Å². The summed E-state index contributed by atoms with van der Waals surface area (Å²) in [4.78, 5) is 38.7. The third-order valence-electron chi connectivity index (χ3n) is 5.89. The van der Waals surface area contributed by atoms with Gasteiger partial charge in [-0.2, -0.15) is 0 Å². The summed E-state index contributed by atoms with van der Waals surface area (Å²) in [7, 11) is 3.14. The van der Waals surface area contributed by atoms with E-state index < -0.39 is 11.8 Å². The molecule has 0 spiro atoms. The summed E-state index contributed by atoms with van der Waals surface area (Å²) in [5, 5.41) is 5.36. The molecule has 4 rings (SSSR count). The predicted octanol–water partition coefficient (Wildman–Crippen LogP) is 2.23. The van der Waals surface area contributed by atoms with Gasteiger partial charge in [0, 0.05) is 25.2 Å². The molecule has 32 heavy (non-hydrogen) atoms. The first kappa shape index (κ1) is 21.7. The van der Waals surface area contributed by atoms with Crippen molar-refractivity contribution in [2.45, 2.75) is 32.1 Å². The van der Waals surface area contributed by atoms with E-state index in [4.69, 9.17) is 9.47 Å². The number of ether oxygens (including phenoxy) is 2. The van der Waals surface area contributed by atoms with Crippen molar-refractivity contribution in [2.24, 2.45) is 0 Å². The van der Waals surface area contributed by atoms with E-state index in [-0.39, 0.29) is 5.91 Å². The second-order valence-electron chi connectivity index (χ2n) is 7.94. The van der Waals surface area contributed by atoms with Gasteiger partial charge < -0.3 is 25.0 Å². The van der Waals surface area contributed by atoms with Crippen molar-refractivity contribution in [1.82, 2.24) is 5.32 Å². The second kappa shape index (κ2) is 9.30. The first-order chi connectivity index (χ1) is 15.5. The standard InChI is InChI=1S/C24H27N3O5/c1-31-19-7-5-15(12-20(19)32-2)9-10-25-23(29)24(30)26-18-13-16-4-3-11-27-21(28)8-6-17(14-18)22(16)27/h5,7,12-14H,3-4,6,8-11H2,1-2H3,(H,25,29)(H,26,30). The van der Waals surface area contributed by atoms with Crippen molar-refractivity contribution in [3.05, 3.63) is 47.0 Å². The molecule has 0 saturated carbocycles. The third kappa shape index (κ3) is 4.39. The molecule has 8 heteroatoms. The molecule has 2 N–H and O–H groups in total. The van der Waals surface area contributed by atoms with Gasteiger partial charge in [-0.25, -0.2) is 0 Å². The maximum atomic E-state index is 12.4. The Hall–Kier alpha value is -3.55. The Morgan fingerprint density at radius 1 is 0.969 bits per heavy atom. The Morgan fingerprint density at radius 2 is 1.72 bits per heavy atom. The van der Waals surface area contributed by atoms with Crippen LogP contribution in [0.1, 0.15) is 29.5 Å². The van der Waals surface area contributed by atoms with Crippen LogP contribution in [0.4, 0.5) is 11.4 Å². The van der Waals surface area contributed by atoms with Gasteiger partial charge in [-0.1, -0.05) is 6.07 Å². The van der Waals surface area contributed by atoms with E-state index in [9.17, 15) is 14.4 Å². The molecule has 0 unspecified atom stereocenters. The molecular formula is C24H27N3O5. The van der Waals surface area contributed by atoms with Crippen LogP contribution in [0.5, 0.6) is 11.5 Å². The number of amides is 3. The fourth-order valence-corrected chi connectivity index (χ4v) is 4.35. The Balaban J connectivity index is 1.35. The maximum Gasteiger partial charge on any atom is 0.313 e. The summed E-state index contributed by atoms with van der Waals surface area (Å²) in [6, 6.07) is 9.29. The molecule has 2 aromatic carbocycles. The van der Waals surface area contributed by atoms with Crippen LogP contribution in [-0.4, -0.2) is 45.0 Å². The van der Waals surface area contributed by atoms with E-state index in [0.717, 1.165) is 41.8 Å². The number of methoxy groups -OCH3 is 2. The van der Waals surface area contributed by atoms with E-state index in [1.54, 1.807) is 20.3 Å². The molecule has 0 aliphatic carbocycles. The predicted molar refractivity (Wildman–Crippen MR) is 120 cm³/mol. The van der Waals surface area contributed by atoms with E-state index >= 15 is 0 Å². The van der Waals surface area contributed by atoms with Crippen LogP contribution >= 0.6 is 0 Å². The second-order valence-corrected chi connectivity index (χ2v) is 7.94. The molecule has 0 fully saturated rings. The lowest BCUT2D eigenvalue weighted by Gasteiger charge is -2.35. The molecule has 0 radical (unpaired) electrons. The van der Waals surface area contributed by atoms with Crippen molar-refractivity contribution in [2.75, 3.05) is 37.5 Å². The van der Waals surface area contributed by atoms with Gasteiger partial charge >= 0.3 is 11.8 Å². The number of nitrogens with one attached hydrogen (secondary N) is 2. The highest BCUT2D eigenvalue weighted by Crippen LogP contribution is 2.37. The van der Waals surface area contributed by atoms with Crippen molar-refractivity contribution < 1.29 is 23.9 Å². The molecule has 0 bridgehead atoms. The highest BCUT2D eigenvalue weighted by atomic mass is 16.5. The lowest BCUT2D eigenvalue weighted by atomic mass is 9.91. The van der Waals surface area contributed by atoms with Gasteiger partial charge in [-0.15, -0.1) is 0 Å². The largest absolute Gasteiger partial charge is 0.493 e. The van der Waals surface area contributed by atoms with Crippen LogP contribution in [0, 0.1) is 0 Å². The Kier molecular flexibility index (Phi) is 6.30. The Labute approximate surface area is 186 Å². The van der Waals surface area contributed by atoms with E-state index in [1.807, 2.05) is 29.2 Å².